The maximum Gasteiger partial charge on any atom is 0.208 e. The molecule has 0 aliphatic heterocycles. The lowest BCUT2D eigenvalue weighted by Crippen LogP contribution is -2.20. The smallest absolute Gasteiger partial charge is 0.208 e. The maximum atomic E-state index is 13.1. The first-order valence-electron chi connectivity index (χ1n) is 9.31. The lowest BCUT2D eigenvalue weighted by Gasteiger charge is -2.14. The van der Waals surface area contributed by atoms with E-state index in [1.54, 1.807) is 6.07 Å². The SMILES string of the molecule is O=C(c1cc(Cc2cccc(Cl)c2Cl)cs1)c1cncnc1N[C@@H]1CC[C@H](O)C1. The summed E-state index contributed by atoms with van der Waals surface area (Å²) in [6, 6.07) is 7.52. The standard InChI is InChI=1S/C21H19Cl2N3O2S/c22-17-3-1-2-13(19(17)23)6-12-7-18(29-10-12)20(28)16-9-24-11-25-21(16)26-14-4-5-15(27)8-14/h1-3,7,9-11,14-15,27H,4-6,8H2,(H,24,25,26)/t14-,15+/m1/s1. The zero-order valence-corrected chi connectivity index (χ0v) is 17.8. The van der Waals surface area contributed by atoms with Crippen molar-refractivity contribution in [3.63, 3.8) is 0 Å². The molecular weight excluding hydrogens is 429 g/mol. The first kappa shape index (κ1) is 20.3. The molecule has 3 aromatic rings. The van der Waals surface area contributed by atoms with E-state index >= 15 is 0 Å². The van der Waals surface area contributed by atoms with Gasteiger partial charge in [0.25, 0.3) is 0 Å². The first-order chi connectivity index (χ1) is 14.0. The minimum atomic E-state index is -0.299. The highest BCUT2D eigenvalue weighted by Gasteiger charge is 2.25. The summed E-state index contributed by atoms with van der Waals surface area (Å²) >= 11 is 13.8. The van der Waals surface area contributed by atoms with Gasteiger partial charge < -0.3 is 10.4 Å². The molecule has 0 spiro atoms. The van der Waals surface area contributed by atoms with Gasteiger partial charge in [0, 0.05) is 12.2 Å². The molecule has 1 saturated carbocycles. The van der Waals surface area contributed by atoms with Crippen LogP contribution in [0.4, 0.5) is 5.82 Å². The van der Waals surface area contributed by atoms with Crippen molar-refractivity contribution >= 4 is 46.1 Å². The molecule has 150 valence electrons. The molecule has 0 unspecified atom stereocenters. The zero-order chi connectivity index (χ0) is 20.4. The largest absolute Gasteiger partial charge is 0.393 e. The van der Waals surface area contributed by atoms with Crippen LogP contribution >= 0.6 is 34.5 Å². The second-order valence-corrected chi connectivity index (χ2v) is 8.83. The third-order valence-electron chi connectivity index (χ3n) is 5.01. The Labute approximate surface area is 182 Å². The van der Waals surface area contributed by atoms with Crippen LogP contribution < -0.4 is 5.32 Å². The molecule has 4 rings (SSSR count). The number of nitrogens with zero attached hydrogens (tertiary/aromatic N) is 2. The van der Waals surface area contributed by atoms with Gasteiger partial charge in [-0.3, -0.25) is 4.79 Å². The quantitative estimate of drug-likeness (QED) is 0.520. The molecule has 1 aliphatic rings. The molecular formula is C21H19Cl2N3O2S. The van der Waals surface area contributed by atoms with Crippen LogP contribution in [0.15, 0.2) is 42.2 Å². The number of carbonyl (C=O) groups is 1. The number of halogens is 2. The van der Waals surface area contributed by atoms with Crippen LogP contribution in [0.5, 0.6) is 0 Å². The molecule has 8 heteroatoms. The number of aliphatic hydroxyl groups is 1. The lowest BCUT2D eigenvalue weighted by atomic mass is 10.1. The predicted molar refractivity (Wildman–Crippen MR) is 116 cm³/mol. The molecule has 29 heavy (non-hydrogen) atoms. The number of hydrogen-bond donors (Lipinski definition) is 2. The highest BCUT2D eigenvalue weighted by molar-refractivity contribution is 7.12. The Hall–Kier alpha value is -1.99. The van der Waals surface area contributed by atoms with E-state index in [9.17, 15) is 9.90 Å². The van der Waals surface area contributed by atoms with Crippen molar-refractivity contribution in [2.45, 2.75) is 37.8 Å². The number of nitrogens with one attached hydrogen (secondary N) is 1. The van der Waals surface area contributed by atoms with Crippen LogP contribution in [-0.2, 0) is 6.42 Å². The fourth-order valence-corrected chi connectivity index (χ4v) is 4.77. The molecule has 0 radical (unpaired) electrons. The van der Waals surface area contributed by atoms with Gasteiger partial charge in [0.2, 0.25) is 5.78 Å². The highest BCUT2D eigenvalue weighted by atomic mass is 35.5. The van der Waals surface area contributed by atoms with Crippen molar-refractivity contribution < 1.29 is 9.90 Å². The molecule has 2 atom stereocenters. The highest BCUT2D eigenvalue weighted by Crippen LogP contribution is 2.30. The molecule has 1 aromatic carbocycles. The van der Waals surface area contributed by atoms with E-state index < -0.39 is 0 Å². The topological polar surface area (TPSA) is 75.1 Å². The average molecular weight is 448 g/mol. The number of thiophene rings is 1. The van der Waals surface area contributed by atoms with E-state index in [0.717, 1.165) is 24.0 Å². The summed E-state index contributed by atoms with van der Waals surface area (Å²) in [7, 11) is 0. The van der Waals surface area contributed by atoms with Crippen LogP contribution in [0.1, 0.15) is 45.6 Å². The van der Waals surface area contributed by atoms with E-state index in [4.69, 9.17) is 23.2 Å². The number of ketones is 1. The molecule has 2 aromatic heterocycles. The number of carbonyl (C=O) groups excluding carboxylic acids is 1. The van der Waals surface area contributed by atoms with Crippen LogP contribution in [-0.4, -0.2) is 33.0 Å². The van der Waals surface area contributed by atoms with E-state index in [1.807, 2.05) is 23.6 Å². The monoisotopic (exact) mass is 447 g/mol. The summed E-state index contributed by atoms with van der Waals surface area (Å²) in [5, 5.41) is 16.0. The van der Waals surface area contributed by atoms with Crippen molar-refractivity contribution in [1.82, 2.24) is 9.97 Å². The summed E-state index contributed by atoms with van der Waals surface area (Å²) in [6.45, 7) is 0. The summed E-state index contributed by atoms with van der Waals surface area (Å²) < 4.78 is 0. The van der Waals surface area contributed by atoms with Gasteiger partial charge >= 0.3 is 0 Å². The van der Waals surface area contributed by atoms with Gasteiger partial charge in [-0.25, -0.2) is 9.97 Å². The molecule has 1 fully saturated rings. The second kappa shape index (κ2) is 8.79. The summed E-state index contributed by atoms with van der Waals surface area (Å²) in [6.07, 6.45) is 5.52. The van der Waals surface area contributed by atoms with Crippen molar-refractivity contribution in [2.75, 3.05) is 5.32 Å². The lowest BCUT2D eigenvalue weighted by molar-refractivity contribution is 0.104. The van der Waals surface area contributed by atoms with Gasteiger partial charge in [-0.1, -0.05) is 35.3 Å². The number of hydrogen-bond acceptors (Lipinski definition) is 6. The average Bonchev–Trinajstić information content (AvgIpc) is 3.34. The maximum absolute atomic E-state index is 13.1. The number of rotatable bonds is 6. The van der Waals surface area contributed by atoms with E-state index in [2.05, 4.69) is 15.3 Å². The first-order valence-corrected chi connectivity index (χ1v) is 10.9. The van der Waals surface area contributed by atoms with Gasteiger partial charge in [0.05, 0.1) is 26.6 Å². The Morgan fingerprint density at radius 1 is 1.31 bits per heavy atom. The molecule has 2 heterocycles. The zero-order valence-electron chi connectivity index (χ0n) is 15.4. The van der Waals surface area contributed by atoms with Gasteiger partial charge in [-0.2, -0.15) is 0 Å². The molecule has 1 aliphatic carbocycles. The van der Waals surface area contributed by atoms with Crippen LogP contribution in [0.25, 0.3) is 0 Å². The van der Waals surface area contributed by atoms with Gasteiger partial charge in [0.15, 0.2) is 0 Å². The van der Waals surface area contributed by atoms with Crippen LogP contribution in [0.2, 0.25) is 10.0 Å². The van der Waals surface area contributed by atoms with Crippen molar-refractivity contribution in [3.8, 4) is 0 Å². The summed E-state index contributed by atoms with van der Waals surface area (Å²) in [4.78, 5) is 22.0. The van der Waals surface area contributed by atoms with Crippen LogP contribution in [0, 0.1) is 0 Å². The number of aliphatic hydroxyl groups excluding tert-OH is 1. The molecule has 5 nitrogen and oxygen atoms in total. The minimum Gasteiger partial charge on any atom is -0.393 e. The molecule has 0 bridgehead atoms. The number of aromatic nitrogens is 2. The van der Waals surface area contributed by atoms with Gasteiger partial charge in [0.1, 0.15) is 12.1 Å². The Kier molecular flexibility index (Phi) is 6.15. The fourth-order valence-electron chi connectivity index (χ4n) is 3.52. The molecule has 2 N–H and O–H groups in total. The Morgan fingerprint density at radius 3 is 2.97 bits per heavy atom. The van der Waals surface area contributed by atoms with Crippen LogP contribution in [0.3, 0.4) is 0 Å². The molecule has 0 amide bonds. The summed E-state index contributed by atoms with van der Waals surface area (Å²) in [5.41, 5.74) is 2.34. The van der Waals surface area contributed by atoms with E-state index in [-0.39, 0.29) is 17.9 Å². The normalized spacial score (nSPS) is 18.7. The predicted octanol–water partition coefficient (Wildman–Crippen LogP) is 4.99. The van der Waals surface area contributed by atoms with Crippen molar-refractivity contribution in [2.24, 2.45) is 0 Å². The second-order valence-electron chi connectivity index (χ2n) is 7.13. The van der Waals surface area contributed by atoms with Gasteiger partial charge in [-0.15, -0.1) is 11.3 Å². The summed E-state index contributed by atoms with van der Waals surface area (Å²) in [5.74, 6) is 0.386. The van der Waals surface area contributed by atoms with Crippen molar-refractivity contribution in [3.05, 3.63) is 73.8 Å². The van der Waals surface area contributed by atoms with E-state index in [1.165, 1.54) is 23.9 Å². The number of anilines is 1. The Bertz CT molecular complexity index is 1040. The van der Waals surface area contributed by atoms with Gasteiger partial charge in [-0.05, 0) is 54.3 Å². The fraction of sp³-hybridized carbons (Fsp3) is 0.286. The number of benzene rings is 1. The Balaban J connectivity index is 1.53. The van der Waals surface area contributed by atoms with E-state index in [0.29, 0.717) is 39.1 Å². The third kappa shape index (κ3) is 4.61. The van der Waals surface area contributed by atoms with Crippen molar-refractivity contribution in [1.29, 1.82) is 0 Å². The minimum absolute atomic E-state index is 0.107. The Morgan fingerprint density at radius 2 is 2.17 bits per heavy atom. The third-order valence-corrected chi connectivity index (χ3v) is 6.84. The molecule has 0 saturated heterocycles.